The van der Waals surface area contributed by atoms with Gasteiger partial charge in [-0.1, -0.05) is 37.6 Å². The van der Waals surface area contributed by atoms with Crippen molar-refractivity contribution < 1.29 is 0 Å². The molecule has 100 valence electrons. The van der Waals surface area contributed by atoms with Crippen LogP contribution >= 0.6 is 11.6 Å². The molecule has 2 N–H and O–H groups in total. The number of halogens is 1. The van der Waals surface area contributed by atoms with Crippen LogP contribution in [0.4, 0.5) is 0 Å². The van der Waals surface area contributed by atoms with Crippen LogP contribution in [-0.4, -0.2) is 24.5 Å². The van der Waals surface area contributed by atoms with Crippen molar-refractivity contribution in [1.82, 2.24) is 4.90 Å². The van der Waals surface area contributed by atoms with Gasteiger partial charge in [0, 0.05) is 24.2 Å². The number of benzene rings is 1. The molecule has 0 aromatic heterocycles. The number of rotatable bonds is 4. The van der Waals surface area contributed by atoms with E-state index in [4.69, 9.17) is 17.3 Å². The van der Waals surface area contributed by atoms with Gasteiger partial charge >= 0.3 is 0 Å². The molecule has 2 nitrogen and oxygen atoms in total. The predicted molar refractivity (Wildman–Crippen MR) is 77.8 cm³/mol. The van der Waals surface area contributed by atoms with Gasteiger partial charge in [0.15, 0.2) is 0 Å². The zero-order valence-electron chi connectivity index (χ0n) is 11.3. The Morgan fingerprint density at radius 2 is 1.78 bits per heavy atom. The highest BCUT2D eigenvalue weighted by Crippen LogP contribution is 2.24. The summed E-state index contributed by atoms with van der Waals surface area (Å²) >= 11 is 5.88. The second kappa shape index (κ2) is 6.05. The van der Waals surface area contributed by atoms with Gasteiger partial charge in [0.1, 0.15) is 0 Å². The number of hydrogen-bond acceptors (Lipinski definition) is 2. The third-order valence-electron chi connectivity index (χ3n) is 4.12. The van der Waals surface area contributed by atoms with Gasteiger partial charge in [0.2, 0.25) is 0 Å². The highest BCUT2D eigenvalue weighted by Gasteiger charge is 2.25. The molecular weight excluding hydrogens is 244 g/mol. The fourth-order valence-corrected chi connectivity index (χ4v) is 2.76. The topological polar surface area (TPSA) is 29.3 Å². The van der Waals surface area contributed by atoms with E-state index in [1.54, 1.807) is 0 Å². The van der Waals surface area contributed by atoms with Gasteiger partial charge in [0.05, 0.1) is 0 Å². The molecular formula is C15H23ClN2. The minimum absolute atomic E-state index is 0.119. The van der Waals surface area contributed by atoms with Crippen molar-refractivity contribution in [2.75, 3.05) is 19.6 Å². The van der Waals surface area contributed by atoms with Crippen molar-refractivity contribution in [3.8, 4) is 0 Å². The summed E-state index contributed by atoms with van der Waals surface area (Å²) in [6.45, 7) is 8.20. The lowest BCUT2D eigenvalue weighted by Crippen LogP contribution is -2.25. The standard InChI is InChI=1S/C15H23ClN2/c1-11-9-18(10-12(11)2)8-7-15(17)13-3-5-14(16)6-4-13/h3-6,11-12,15H,7-10,17H2,1-2H3. The Hall–Kier alpha value is -0.570. The van der Waals surface area contributed by atoms with Gasteiger partial charge in [-0.15, -0.1) is 0 Å². The van der Waals surface area contributed by atoms with Crippen molar-refractivity contribution in [1.29, 1.82) is 0 Å². The van der Waals surface area contributed by atoms with Crippen molar-refractivity contribution in [3.63, 3.8) is 0 Å². The monoisotopic (exact) mass is 266 g/mol. The molecule has 2 rings (SSSR count). The molecule has 18 heavy (non-hydrogen) atoms. The summed E-state index contributed by atoms with van der Waals surface area (Å²) in [6.07, 6.45) is 1.01. The fraction of sp³-hybridized carbons (Fsp3) is 0.600. The molecule has 1 aromatic carbocycles. The average molecular weight is 267 g/mol. The summed E-state index contributed by atoms with van der Waals surface area (Å²) in [7, 11) is 0. The molecule has 1 aliphatic rings. The maximum Gasteiger partial charge on any atom is 0.0406 e. The summed E-state index contributed by atoms with van der Waals surface area (Å²) < 4.78 is 0. The molecule has 1 aromatic rings. The molecule has 1 heterocycles. The first-order chi connectivity index (χ1) is 8.56. The zero-order chi connectivity index (χ0) is 13.1. The number of nitrogens with two attached hydrogens (primary N) is 1. The van der Waals surface area contributed by atoms with Crippen LogP contribution in [0.5, 0.6) is 0 Å². The van der Waals surface area contributed by atoms with E-state index in [1.165, 1.54) is 18.7 Å². The molecule has 3 atom stereocenters. The van der Waals surface area contributed by atoms with Crippen LogP contribution in [-0.2, 0) is 0 Å². The van der Waals surface area contributed by atoms with Gasteiger partial charge in [-0.25, -0.2) is 0 Å². The third kappa shape index (κ3) is 3.47. The van der Waals surface area contributed by atoms with E-state index < -0.39 is 0 Å². The highest BCUT2D eigenvalue weighted by molar-refractivity contribution is 6.30. The molecule has 3 heteroatoms. The molecule has 0 spiro atoms. The SMILES string of the molecule is CC1CN(CCC(N)c2ccc(Cl)cc2)CC1C. The number of nitrogens with zero attached hydrogens (tertiary/aromatic N) is 1. The van der Waals surface area contributed by atoms with Crippen LogP contribution < -0.4 is 5.73 Å². The van der Waals surface area contributed by atoms with Crippen LogP contribution in [0, 0.1) is 11.8 Å². The van der Waals surface area contributed by atoms with Crippen LogP contribution in [0.3, 0.4) is 0 Å². The lowest BCUT2D eigenvalue weighted by Gasteiger charge is -2.19. The molecule has 1 aliphatic heterocycles. The highest BCUT2D eigenvalue weighted by atomic mass is 35.5. The van der Waals surface area contributed by atoms with E-state index in [1.807, 2.05) is 24.3 Å². The molecule has 0 radical (unpaired) electrons. The molecule has 0 aliphatic carbocycles. The van der Waals surface area contributed by atoms with E-state index in [-0.39, 0.29) is 6.04 Å². The van der Waals surface area contributed by atoms with Gasteiger partial charge < -0.3 is 10.6 Å². The molecule has 0 saturated carbocycles. The van der Waals surface area contributed by atoms with Gasteiger partial charge in [-0.3, -0.25) is 0 Å². The van der Waals surface area contributed by atoms with Gasteiger partial charge in [0.25, 0.3) is 0 Å². The van der Waals surface area contributed by atoms with Crippen LogP contribution in [0.25, 0.3) is 0 Å². The molecule has 0 amide bonds. The summed E-state index contributed by atoms with van der Waals surface area (Å²) in [4.78, 5) is 2.53. The predicted octanol–water partition coefficient (Wildman–Crippen LogP) is 3.32. The quantitative estimate of drug-likeness (QED) is 0.906. The number of hydrogen-bond donors (Lipinski definition) is 1. The number of likely N-dealkylation sites (tertiary alicyclic amines) is 1. The van der Waals surface area contributed by atoms with Crippen LogP contribution in [0.15, 0.2) is 24.3 Å². The Morgan fingerprint density at radius 3 is 2.33 bits per heavy atom. The second-order valence-corrected chi connectivity index (χ2v) is 6.10. The zero-order valence-corrected chi connectivity index (χ0v) is 12.0. The van der Waals surface area contributed by atoms with Crippen molar-refractivity contribution in [2.45, 2.75) is 26.3 Å². The molecule has 3 unspecified atom stereocenters. The summed E-state index contributed by atoms with van der Waals surface area (Å²) in [5, 5.41) is 0.771. The van der Waals surface area contributed by atoms with E-state index in [0.717, 1.165) is 29.8 Å². The van der Waals surface area contributed by atoms with E-state index in [9.17, 15) is 0 Å². The maximum absolute atomic E-state index is 6.22. The summed E-state index contributed by atoms with van der Waals surface area (Å²) in [5.74, 6) is 1.63. The summed E-state index contributed by atoms with van der Waals surface area (Å²) in [6, 6.07) is 8.01. The summed E-state index contributed by atoms with van der Waals surface area (Å²) in [5.41, 5.74) is 7.40. The smallest absolute Gasteiger partial charge is 0.0406 e. The third-order valence-corrected chi connectivity index (χ3v) is 4.37. The largest absolute Gasteiger partial charge is 0.324 e. The van der Waals surface area contributed by atoms with E-state index in [2.05, 4.69) is 18.7 Å². The maximum atomic E-state index is 6.22. The molecule has 1 saturated heterocycles. The lowest BCUT2D eigenvalue weighted by atomic mass is 10.0. The van der Waals surface area contributed by atoms with Crippen LogP contribution in [0.1, 0.15) is 31.9 Å². The van der Waals surface area contributed by atoms with Crippen molar-refractivity contribution in [2.24, 2.45) is 17.6 Å². The van der Waals surface area contributed by atoms with Crippen molar-refractivity contribution in [3.05, 3.63) is 34.9 Å². The minimum Gasteiger partial charge on any atom is -0.324 e. The Kier molecular flexibility index (Phi) is 4.66. The fourth-order valence-electron chi connectivity index (χ4n) is 2.63. The van der Waals surface area contributed by atoms with Crippen molar-refractivity contribution >= 4 is 11.6 Å². The molecule has 1 fully saturated rings. The normalized spacial score (nSPS) is 26.4. The Labute approximate surface area is 115 Å². The van der Waals surface area contributed by atoms with Gasteiger partial charge in [-0.05, 0) is 42.5 Å². The Balaban J connectivity index is 1.81. The average Bonchev–Trinajstić information content (AvgIpc) is 2.67. The molecule has 0 bridgehead atoms. The first-order valence-corrected chi connectivity index (χ1v) is 7.17. The first-order valence-electron chi connectivity index (χ1n) is 6.79. The minimum atomic E-state index is 0.119. The van der Waals surface area contributed by atoms with E-state index >= 15 is 0 Å². The van der Waals surface area contributed by atoms with Crippen LogP contribution in [0.2, 0.25) is 5.02 Å². The van der Waals surface area contributed by atoms with Gasteiger partial charge in [-0.2, -0.15) is 0 Å². The lowest BCUT2D eigenvalue weighted by molar-refractivity contribution is 0.309. The first kappa shape index (κ1) is 13.9. The Morgan fingerprint density at radius 1 is 1.22 bits per heavy atom. The Bertz CT molecular complexity index is 367. The van der Waals surface area contributed by atoms with E-state index in [0.29, 0.717) is 0 Å². The second-order valence-electron chi connectivity index (χ2n) is 5.66.